The van der Waals surface area contributed by atoms with Crippen molar-refractivity contribution >= 4 is 16.8 Å². The lowest BCUT2D eigenvalue weighted by molar-refractivity contribution is 0.0741. The van der Waals surface area contributed by atoms with Crippen molar-refractivity contribution in [1.29, 1.82) is 5.26 Å². The molecule has 1 fully saturated rings. The van der Waals surface area contributed by atoms with E-state index in [4.69, 9.17) is 0 Å². The van der Waals surface area contributed by atoms with E-state index in [1.54, 1.807) is 24.3 Å². The van der Waals surface area contributed by atoms with Crippen molar-refractivity contribution in [3.63, 3.8) is 0 Å². The third-order valence-electron chi connectivity index (χ3n) is 6.10. The van der Waals surface area contributed by atoms with Gasteiger partial charge in [-0.25, -0.2) is 0 Å². The lowest BCUT2D eigenvalue weighted by atomic mass is 10.1. The van der Waals surface area contributed by atoms with E-state index in [1.165, 1.54) is 0 Å². The summed E-state index contributed by atoms with van der Waals surface area (Å²) in [4.78, 5) is 15.0. The van der Waals surface area contributed by atoms with Gasteiger partial charge in [0.25, 0.3) is 5.91 Å². The number of amides is 1. The predicted octanol–water partition coefficient (Wildman–Crippen LogP) is 3.85. The van der Waals surface area contributed by atoms with Crippen molar-refractivity contribution in [1.82, 2.24) is 24.9 Å². The molecular weight excluding hydrogens is 388 g/mol. The number of aromatic amines is 1. The second-order valence-electron chi connectivity index (χ2n) is 8.15. The van der Waals surface area contributed by atoms with Gasteiger partial charge in [0, 0.05) is 36.3 Å². The number of hydrogen-bond acceptors (Lipinski definition) is 4. The van der Waals surface area contributed by atoms with Crippen LogP contribution in [0.1, 0.15) is 29.3 Å². The molecule has 31 heavy (non-hydrogen) atoms. The van der Waals surface area contributed by atoms with Crippen molar-refractivity contribution in [3.05, 3.63) is 72.2 Å². The maximum atomic E-state index is 13.1. The molecule has 0 bridgehead atoms. The molecule has 0 saturated carbocycles. The minimum Gasteiger partial charge on any atom is -0.336 e. The van der Waals surface area contributed by atoms with Crippen LogP contribution >= 0.6 is 0 Å². The number of fused-ring (bicyclic) bond motifs is 1. The summed E-state index contributed by atoms with van der Waals surface area (Å²) in [5.41, 5.74) is 4.14. The van der Waals surface area contributed by atoms with Gasteiger partial charge < -0.3 is 4.90 Å². The molecule has 3 heterocycles. The molecule has 2 atom stereocenters. The van der Waals surface area contributed by atoms with Gasteiger partial charge in [0.05, 0.1) is 35.1 Å². The Hall–Kier alpha value is -3.92. The Bertz CT molecular complexity index is 1280. The fraction of sp³-hybridized carbons (Fsp3) is 0.250. The van der Waals surface area contributed by atoms with Gasteiger partial charge in [-0.3, -0.25) is 14.6 Å². The Morgan fingerprint density at radius 3 is 2.90 bits per heavy atom. The van der Waals surface area contributed by atoms with E-state index in [1.807, 2.05) is 28.2 Å². The fourth-order valence-electron chi connectivity index (χ4n) is 4.54. The lowest BCUT2D eigenvalue weighted by Gasteiger charge is -2.22. The molecule has 2 aromatic carbocycles. The molecule has 0 aliphatic carbocycles. The Balaban J connectivity index is 1.34. The van der Waals surface area contributed by atoms with E-state index in [0.29, 0.717) is 23.6 Å². The number of H-pyrrole nitrogens is 1. The van der Waals surface area contributed by atoms with Gasteiger partial charge >= 0.3 is 0 Å². The zero-order valence-corrected chi connectivity index (χ0v) is 17.2. The molecule has 5 rings (SSSR count). The number of aromatic nitrogens is 4. The Labute approximate surface area is 179 Å². The van der Waals surface area contributed by atoms with E-state index in [-0.39, 0.29) is 11.9 Å². The van der Waals surface area contributed by atoms with E-state index < -0.39 is 0 Å². The molecule has 1 N–H and O–H groups in total. The van der Waals surface area contributed by atoms with Crippen molar-refractivity contribution in [2.45, 2.75) is 25.9 Å². The highest BCUT2D eigenvalue weighted by Crippen LogP contribution is 2.29. The Morgan fingerprint density at radius 2 is 2.10 bits per heavy atom. The summed E-state index contributed by atoms with van der Waals surface area (Å²) < 4.78 is 2.03. The first-order valence-corrected chi connectivity index (χ1v) is 10.4. The number of nitriles is 1. The molecule has 7 nitrogen and oxygen atoms in total. The van der Waals surface area contributed by atoms with Gasteiger partial charge in [0.2, 0.25) is 0 Å². The highest BCUT2D eigenvalue weighted by molar-refractivity contribution is 5.97. The Morgan fingerprint density at radius 1 is 1.23 bits per heavy atom. The summed E-state index contributed by atoms with van der Waals surface area (Å²) in [6.07, 6.45) is 6.49. The van der Waals surface area contributed by atoms with Crippen LogP contribution in [0.4, 0.5) is 0 Å². The van der Waals surface area contributed by atoms with Gasteiger partial charge in [0.15, 0.2) is 0 Å². The highest BCUT2D eigenvalue weighted by atomic mass is 16.2. The topological polar surface area (TPSA) is 90.6 Å². The van der Waals surface area contributed by atoms with Gasteiger partial charge in [-0.2, -0.15) is 15.5 Å². The molecule has 0 radical (unpaired) electrons. The average molecular weight is 410 g/mol. The Kier molecular flexibility index (Phi) is 4.75. The first-order chi connectivity index (χ1) is 15.1. The molecule has 0 spiro atoms. The van der Waals surface area contributed by atoms with Gasteiger partial charge in [-0.05, 0) is 49.1 Å². The normalized spacial score (nSPS) is 18.4. The maximum Gasteiger partial charge on any atom is 0.255 e. The molecule has 1 saturated heterocycles. The number of likely N-dealkylation sites (tertiary alicyclic amines) is 1. The van der Waals surface area contributed by atoms with Crippen LogP contribution in [0, 0.1) is 17.2 Å². The standard InChI is InChI=1S/C24H22N6O/c1-16-8-17(14-29(16)24(31)22-5-3-2-4-19(22)10-25)15-30-23-7-6-18(9-20(23)13-28-30)21-11-26-27-12-21/h2-7,9,11-13,16-17H,8,14-15H2,1H3,(H,26,27). The fourth-order valence-corrected chi connectivity index (χ4v) is 4.54. The highest BCUT2D eigenvalue weighted by Gasteiger charge is 2.34. The summed E-state index contributed by atoms with van der Waals surface area (Å²) in [5.74, 6) is 0.243. The molecule has 2 unspecified atom stereocenters. The molecule has 4 aromatic rings. The second-order valence-corrected chi connectivity index (χ2v) is 8.15. The molecular formula is C24H22N6O. The number of hydrogen-bond donors (Lipinski definition) is 1. The first-order valence-electron chi connectivity index (χ1n) is 10.4. The van der Waals surface area contributed by atoms with Crippen molar-refractivity contribution in [3.8, 4) is 17.2 Å². The average Bonchev–Trinajstić information content (AvgIpc) is 3.54. The summed E-state index contributed by atoms with van der Waals surface area (Å²) >= 11 is 0. The quantitative estimate of drug-likeness (QED) is 0.553. The zero-order valence-electron chi connectivity index (χ0n) is 17.2. The first kappa shape index (κ1) is 19.1. The smallest absolute Gasteiger partial charge is 0.255 e. The predicted molar refractivity (Wildman–Crippen MR) is 117 cm³/mol. The van der Waals surface area contributed by atoms with Crippen LogP contribution in [-0.2, 0) is 6.54 Å². The molecule has 2 aromatic heterocycles. The molecule has 1 amide bonds. The van der Waals surface area contributed by atoms with Crippen LogP contribution in [0.15, 0.2) is 61.1 Å². The lowest BCUT2D eigenvalue weighted by Crippen LogP contribution is -2.34. The van der Waals surface area contributed by atoms with E-state index in [0.717, 1.165) is 35.0 Å². The summed E-state index contributed by atoms with van der Waals surface area (Å²) in [5, 5.41) is 21.9. The SMILES string of the molecule is CC1CC(Cn2ncc3cc(-c4cn[nH]c4)ccc32)CN1C(=O)c1ccccc1C#N. The second kappa shape index (κ2) is 7.73. The monoisotopic (exact) mass is 410 g/mol. The summed E-state index contributed by atoms with van der Waals surface area (Å²) in [6, 6.07) is 15.6. The summed E-state index contributed by atoms with van der Waals surface area (Å²) in [7, 11) is 0. The van der Waals surface area contributed by atoms with E-state index in [9.17, 15) is 10.1 Å². The third kappa shape index (κ3) is 3.46. The van der Waals surface area contributed by atoms with Gasteiger partial charge in [0.1, 0.15) is 0 Å². The van der Waals surface area contributed by atoms with Crippen LogP contribution in [0.2, 0.25) is 0 Å². The molecule has 7 heteroatoms. The van der Waals surface area contributed by atoms with Crippen LogP contribution in [0.3, 0.4) is 0 Å². The van der Waals surface area contributed by atoms with Crippen molar-refractivity contribution in [2.75, 3.05) is 6.54 Å². The minimum absolute atomic E-state index is 0.0674. The van der Waals surface area contributed by atoms with Crippen LogP contribution in [-0.4, -0.2) is 43.4 Å². The number of nitrogens with one attached hydrogen (secondary N) is 1. The van der Waals surface area contributed by atoms with E-state index >= 15 is 0 Å². The molecule has 1 aliphatic heterocycles. The summed E-state index contributed by atoms with van der Waals surface area (Å²) in [6.45, 7) is 3.49. The molecule has 154 valence electrons. The zero-order chi connectivity index (χ0) is 21.4. The van der Waals surface area contributed by atoms with Crippen molar-refractivity contribution < 1.29 is 4.79 Å². The minimum atomic E-state index is -0.0674. The number of nitrogens with zero attached hydrogens (tertiary/aromatic N) is 5. The van der Waals surface area contributed by atoms with Gasteiger partial charge in [-0.15, -0.1) is 0 Å². The number of rotatable bonds is 4. The number of carbonyl (C=O) groups is 1. The van der Waals surface area contributed by atoms with E-state index in [2.05, 4.69) is 46.5 Å². The van der Waals surface area contributed by atoms with Crippen LogP contribution in [0.25, 0.3) is 22.0 Å². The third-order valence-corrected chi connectivity index (χ3v) is 6.10. The maximum absolute atomic E-state index is 13.1. The van der Waals surface area contributed by atoms with Crippen molar-refractivity contribution in [2.24, 2.45) is 5.92 Å². The molecule has 1 aliphatic rings. The van der Waals surface area contributed by atoms with Gasteiger partial charge in [-0.1, -0.05) is 18.2 Å². The number of benzene rings is 2. The largest absolute Gasteiger partial charge is 0.336 e. The number of carbonyl (C=O) groups excluding carboxylic acids is 1. The van der Waals surface area contributed by atoms with Crippen LogP contribution < -0.4 is 0 Å². The van der Waals surface area contributed by atoms with Crippen LogP contribution in [0.5, 0.6) is 0 Å².